The number of rotatable bonds is 5. The summed E-state index contributed by atoms with van der Waals surface area (Å²) in [5, 5.41) is 0. The summed E-state index contributed by atoms with van der Waals surface area (Å²) in [5.74, 6) is 1.61. The lowest BCUT2D eigenvalue weighted by Gasteiger charge is -2.21. The fourth-order valence-electron chi connectivity index (χ4n) is 2.09. The van der Waals surface area contributed by atoms with Gasteiger partial charge in [0.2, 0.25) is 0 Å². The largest absolute Gasteiger partial charge is 0.497 e. The lowest BCUT2D eigenvalue weighted by atomic mass is 10.2. The van der Waals surface area contributed by atoms with Gasteiger partial charge in [-0.3, -0.25) is 0 Å². The molecule has 0 unspecified atom stereocenters. The van der Waals surface area contributed by atoms with Gasteiger partial charge in [0.1, 0.15) is 11.5 Å². The fraction of sp³-hybridized carbons (Fsp3) is 0.294. The van der Waals surface area contributed by atoms with Crippen LogP contribution in [-0.2, 0) is 0 Å². The maximum Gasteiger partial charge on any atom is 0.123 e. The number of ether oxygens (including phenoxy) is 2. The van der Waals surface area contributed by atoms with Crippen LogP contribution < -0.4 is 20.1 Å². The molecule has 0 fully saturated rings. The van der Waals surface area contributed by atoms with Gasteiger partial charge in [-0.05, 0) is 44.2 Å². The summed E-state index contributed by atoms with van der Waals surface area (Å²) in [7, 11) is 3.65. The van der Waals surface area contributed by atoms with Crippen molar-refractivity contribution in [1.29, 1.82) is 0 Å². The van der Waals surface area contributed by atoms with Gasteiger partial charge >= 0.3 is 0 Å². The van der Waals surface area contributed by atoms with Crippen molar-refractivity contribution in [2.45, 2.75) is 20.0 Å². The molecule has 0 aliphatic rings. The predicted molar refractivity (Wildman–Crippen MR) is 87.7 cm³/mol. The second-order valence-electron chi connectivity index (χ2n) is 5.18. The summed E-state index contributed by atoms with van der Waals surface area (Å²) in [5.41, 5.74) is 8.69. The minimum absolute atomic E-state index is 0.117. The van der Waals surface area contributed by atoms with Crippen LogP contribution in [0.1, 0.15) is 13.8 Å². The highest BCUT2D eigenvalue weighted by Crippen LogP contribution is 2.31. The Labute approximate surface area is 126 Å². The van der Waals surface area contributed by atoms with Gasteiger partial charge in [0.25, 0.3) is 0 Å². The molecular weight excluding hydrogens is 264 g/mol. The van der Waals surface area contributed by atoms with Crippen molar-refractivity contribution in [2.24, 2.45) is 0 Å². The van der Waals surface area contributed by atoms with Crippen LogP contribution in [0.25, 0.3) is 0 Å². The van der Waals surface area contributed by atoms with E-state index in [0.29, 0.717) is 5.69 Å². The van der Waals surface area contributed by atoms with Crippen LogP contribution in [0.4, 0.5) is 17.1 Å². The minimum atomic E-state index is 0.117. The molecule has 4 nitrogen and oxygen atoms in total. The van der Waals surface area contributed by atoms with Crippen LogP contribution in [0.3, 0.4) is 0 Å². The van der Waals surface area contributed by atoms with Gasteiger partial charge in [-0.2, -0.15) is 0 Å². The number of nitrogen functional groups attached to an aromatic ring is 1. The zero-order chi connectivity index (χ0) is 15.4. The summed E-state index contributed by atoms with van der Waals surface area (Å²) in [6, 6.07) is 13.6. The Bertz CT molecular complexity index is 594. The molecule has 0 spiro atoms. The number of hydrogen-bond donors (Lipinski definition) is 1. The Balaban J connectivity index is 2.28. The molecule has 0 saturated heterocycles. The van der Waals surface area contributed by atoms with Crippen LogP contribution in [-0.4, -0.2) is 20.3 Å². The van der Waals surface area contributed by atoms with Crippen LogP contribution in [0, 0.1) is 0 Å². The predicted octanol–water partition coefficient (Wildman–Crippen LogP) is 3.83. The van der Waals surface area contributed by atoms with E-state index in [-0.39, 0.29) is 6.10 Å². The Morgan fingerprint density at radius 2 is 1.62 bits per heavy atom. The molecule has 0 heterocycles. The molecule has 0 amide bonds. The summed E-state index contributed by atoms with van der Waals surface area (Å²) >= 11 is 0. The third-order valence-electron chi connectivity index (χ3n) is 3.13. The van der Waals surface area contributed by atoms with E-state index < -0.39 is 0 Å². The zero-order valence-electron chi connectivity index (χ0n) is 13.0. The topological polar surface area (TPSA) is 47.7 Å². The first-order valence-corrected chi connectivity index (χ1v) is 6.94. The van der Waals surface area contributed by atoms with E-state index in [1.807, 2.05) is 63.4 Å². The summed E-state index contributed by atoms with van der Waals surface area (Å²) in [6.07, 6.45) is 0.117. The van der Waals surface area contributed by atoms with E-state index in [1.54, 1.807) is 7.11 Å². The van der Waals surface area contributed by atoms with Gasteiger partial charge in [0.15, 0.2) is 0 Å². The molecule has 21 heavy (non-hydrogen) atoms. The molecule has 4 heteroatoms. The third kappa shape index (κ3) is 3.81. The molecular formula is C17H22N2O2. The Kier molecular flexibility index (Phi) is 4.58. The van der Waals surface area contributed by atoms with Crippen LogP contribution >= 0.6 is 0 Å². The fourth-order valence-corrected chi connectivity index (χ4v) is 2.09. The van der Waals surface area contributed by atoms with E-state index in [9.17, 15) is 0 Å². The van der Waals surface area contributed by atoms with Gasteiger partial charge in [0.05, 0.1) is 13.2 Å². The molecule has 0 saturated carbocycles. The molecule has 2 rings (SSSR count). The maximum absolute atomic E-state index is 5.97. The molecule has 0 radical (unpaired) electrons. The van der Waals surface area contributed by atoms with Crippen molar-refractivity contribution in [2.75, 3.05) is 24.8 Å². The quantitative estimate of drug-likeness (QED) is 0.849. The standard InChI is InChI=1S/C17H22N2O2/c1-12(2)21-17-10-13(18)9-15(11-17)19(3)14-5-7-16(20-4)8-6-14/h5-12H,18H2,1-4H3. The first kappa shape index (κ1) is 15.0. The third-order valence-corrected chi connectivity index (χ3v) is 3.13. The summed E-state index contributed by atoms with van der Waals surface area (Å²) in [4.78, 5) is 2.06. The highest BCUT2D eigenvalue weighted by atomic mass is 16.5. The summed E-state index contributed by atoms with van der Waals surface area (Å²) < 4.78 is 10.9. The molecule has 0 aliphatic heterocycles. The van der Waals surface area contributed by atoms with Crippen LogP contribution in [0.5, 0.6) is 11.5 Å². The molecule has 0 aliphatic carbocycles. The van der Waals surface area contributed by atoms with Crippen molar-refractivity contribution in [3.05, 3.63) is 42.5 Å². The zero-order valence-corrected chi connectivity index (χ0v) is 13.0. The molecule has 0 aromatic heterocycles. The Morgan fingerprint density at radius 1 is 0.952 bits per heavy atom. The van der Waals surface area contributed by atoms with Crippen molar-refractivity contribution in [1.82, 2.24) is 0 Å². The second-order valence-corrected chi connectivity index (χ2v) is 5.18. The van der Waals surface area contributed by atoms with E-state index in [1.165, 1.54) is 0 Å². The average Bonchev–Trinajstić information content (AvgIpc) is 2.45. The number of nitrogens with two attached hydrogens (primary N) is 1. The van der Waals surface area contributed by atoms with Crippen molar-refractivity contribution in [3.8, 4) is 11.5 Å². The first-order valence-electron chi connectivity index (χ1n) is 6.94. The lowest BCUT2D eigenvalue weighted by Crippen LogP contribution is -2.11. The molecule has 2 N–H and O–H groups in total. The van der Waals surface area contributed by atoms with Crippen molar-refractivity contribution in [3.63, 3.8) is 0 Å². The van der Waals surface area contributed by atoms with Gasteiger partial charge in [0, 0.05) is 36.2 Å². The van der Waals surface area contributed by atoms with Crippen LogP contribution in [0.15, 0.2) is 42.5 Å². The van der Waals surface area contributed by atoms with Gasteiger partial charge in [-0.25, -0.2) is 0 Å². The second kappa shape index (κ2) is 6.39. The van der Waals surface area contributed by atoms with E-state index in [4.69, 9.17) is 15.2 Å². The monoisotopic (exact) mass is 286 g/mol. The number of anilines is 3. The van der Waals surface area contributed by atoms with Gasteiger partial charge in [-0.15, -0.1) is 0 Å². The first-order chi connectivity index (χ1) is 9.99. The normalized spacial score (nSPS) is 10.5. The maximum atomic E-state index is 5.97. The van der Waals surface area contributed by atoms with Gasteiger partial charge in [-0.1, -0.05) is 0 Å². The molecule has 0 bridgehead atoms. The number of methoxy groups -OCH3 is 1. The van der Waals surface area contributed by atoms with Crippen molar-refractivity contribution >= 4 is 17.1 Å². The SMILES string of the molecule is COc1ccc(N(C)c2cc(N)cc(OC(C)C)c2)cc1. The number of nitrogens with zero attached hydrogens (tertiary/aromatic N) is 1. The lowest BCUT2D eigenvalue weighted by molar-refractivity contribution is 0.242. The molecule has 112 valence electrons. The molecule has 2 aromatic rings. The highest BCUT2D eigenvalue weighted by molar-refractivity contribution is 5.68. The summed E-state index contributed by atoms with van der Waals surface area (Å²) in [6.45, 7) is 3.99. The van der Waals surface area contributed by atoms with Gasteiger partial charge < -0.3 is 20.1 Å². The number of hydrogen-bond acceptors (Lipinski definition) is 4. The van der Waals surface area contributed by atoms with E-state index >= 15 is 0 Å². The highest BCUT2D eigenvalue weighted by Gasteiger charge is 2.08. The van der Waals surface area contributed by atoms with Crippen LogP contribution in [0.2, 0.25) is 0 Å². The number of benzene rings is 2. The minimum Gasteiger partial charge on any atom is -0.497 e. The van der Waals surface area contributed by atoms with E-state index in [2.05, 4.69) is 4.90 Å². The molecule has 0 atom stereocenters. The Morgan fingerprint density at radius 3 is 2.19 bits per heavy atom. The smallest absolute Gasteiger partial charge is 0.123 e. The van der Waals surface area contributed by atoms with E-state index in [0.717, 1.165) is 22.9 Å². The average molecular weight is 286 g/mol. The van der Waals surface area contributed by atoms with Crippen molar-refractivity contribution < 1.29 is 9.47 Å². The molecule has 2 aromatic carbocycles. The Hall–Kier alpha value is -2.36.